The Morgan fingerprint density at radius 3 is 2.65 bits per heavy atom. The first-order valence-electron chi connectivity index (χ1n) is 4.50. The van der Waals surface area contributed by atoms with Gasteiger partial charge < -0.3 is 9.84 Å². The van der Waals surface area contributed by atoms with Gasteiger partial charge in [-0.3, -0.25) is 0 Å². The third-order valence-electron chi connectivity index (χ3n) is 1.77. The van der Waals surface area contributed by atoms with Gasteiger partial charge in [0, 0.05) is 22.2 Å². The van der Waals surface area contributed by atoms with Crippen molar-refractivity contribution in [1.29, 1.82) is 0 Å². The molecule has 1 N–H and O–H groups in total. The second-order valence-electron chi connectivity index (χ2n) is 2.94. The molecule has 2 heterocycles. The van der Waals surface area contributed by atoms with Crippen LogP contribution < -0.4 is 4.74 Å². The third kappa shape index (κ3) is 2.87. The zero-order valence-electron chi connectivity index (χ0n) is 8.37. The normalized spacial score (nSPS) is 9.94. The number of halogens is 1. The van der Waals surface area contributed by atoms with E-state index in [9.17, 15) is 4.79 Å². The van der Waals surface area contributed by atoms with Gasteiger partial charge in [0.1, 0.15) is 0 Å². The minimum absolute atomic E-state index is 0.0842. The van der Waals surface area contributed by atoms with E-state index in [2.05, 4.69) is 37.5 Å². The molecule has 86 valence electrons. The first-order valence-corrected chi connectivity index (χ1v) is 5.58. The van der Waals surface area contributed by atoms with Crippen LogP contribution >= 0.6 is 22.6 Å². The average Bonchev–Trinajstić information content (AvgIpc) is 2.32. The molecule has 0 saturated heterocycles. The van der Waals surface area contributed by atoms with Crippen LogP contribution in [0.5, 0.6) is 11.8 Å². The van der Waals surface area contributed by atoms with Gasteiger partial charge in [-0.2, -0.15) is 0 Å². The molecule has 0 aliphatic carbocycles. The summed E-state index contributed by atoms with van der Waals surface area (Å²) in [5.74, 6) is -1.05. The fourth-order valence-electron chi connectivity index (χ4n) is 1.09. The Labute approximate surface area is 110 Å². The molecule has 0 saturated carbocycles. The predicted molar refractivity (Wildman–Crippen MR) is 66.0 cm³/mol. The Kier molecular flexibility index (Phi) is 3.47. The van der Waals surface area contributed by atoms with E-state index in [0.717, 1.165) is 3.57 Å². The highest BCUT2D eigenvalue weighted by Crippen LogP contribution is 2.20. The summed E-state index contributed by atoms with van der Waals surface area (Å²) in [6, 6.07) is 3.16. The molecule has 6 nitrogen and oxygen atoms in total. The van der Waals surface area contributed by atoms with Crippen LogP contribution in [0.1, 0.15) is 10.5 Å². The SMILES string of the molecule is O=C(O)c1ncccc1Oc1ncc(I)cn1. The number of carbonyl (C=O) groups is 1. The summed E-state index contributed by atoms with van der Waals surface area (Å²) in [6.07, 6.45) is 4.52. The van der Waals surface area contributed by atoms with E-state index in [1.165, 1.54) is 12.3 Å². The van der Waals surface area contributed by atoms with E-state index in [1.54, 1.807) is 18.5 Å². The number of hydrogen-bond acceptors (Lipinski definition) is 5. The Balaban J connectivity index is 2.30. The zero-order valence-corrected chi connectivity index (χ0v) is 10.5. The van der Waals surface area contributed by atoms with Gasteiger partial charge in [-0.1, -0.05) is 0 Å². The van der Waals surface area contributed by atoms with Gasteiger partial charge in [-0.05, 0) is 34.7 Å². The second kappa shape index (κ2) is 5.04. The van der Waals surface area contributed by atoms with Crippen molar-refractivity contribution in [2.75, 3.05) is 0 Å². The van der Waals surface area contributed by atoms with Crippen LogP contribution in [0.2, 0.25) is 0 Å². The summed E-state index contributed by atoms with van der Waals surface area (Å²) >= 11 is 2.06. The van der Waals surface area contributed by atoms with Crippen LogP contribution in [0.15, 0.2) is 30.7 Å². The highest BCUT2D eigenvalue weighted by Gasteiger charge is 2.13. The maximum atomic E-state index is 10.9. The molecule has 0 radical (unpaired) electrons. The van der Waals surface area contributed by atoms with E-state index in [0.29, 0.717) is 0 Å². The topological polar surface area (TPSA) is 85.2 Å². The number of rotatable bonds is 3. The molecule has 0 spiro atoms. The third-order valence-corrected chi connectivity index (χ3v) is 2.33. The van der Waals surface area contributed by atoms with Crippen LogP contribution in [0, 0.1) is 3.57 Å². The summed E-state index contributed by atoms with van der Waals surface area (Å²) in [6.45, 7) is 0. The highest BCUT2D eigenvalue weighted by atomic mass is 127. The number of carboxylic acids is 1. The van der Waals surface area contributed by atoms with Crippen LogP contribution in [-0.2, 0) is 0 Å². The van der Waals surface area contributed by atoms with Gasteiger partial charge in [0.25, 0.3) is 0 Å². The molecule has 0 fully saturated rings. The Hall–Kier alpha value is -1.77. The van der Waals surface area contributed by atoms with Crippen molar-refractivity contribution in [2.45, 2.75) is 0 Å². The first-order chi connectivity index (χ1) is 8.16. The lowest BCUT2D eigenvalue weighted by Gasteiger charge is -2.05. The van der Waals surface area contributed by atoms with Crippen LogP contribution in [-0.4, -0.2) is 26.0 Å². The molecule has 2 aromatic rings. The van der Waals surface area contributed by atoms with Gasteiger partial charge in [-0.15, -0.1) is 0 Å². The number of nitrogens with zero attached hydrogens (tertiary/aromatic N) is 3. The molecule has 0 aliphatic rings. The lowest BCUT2D eigenvalue weighted by atomic mass is 10.3. The second-order valence-corrected chi connectivity index (χ2v) is 4.19. The van der Waals surface area contributed by atoms with Crippen molar-refractivity contribution in [3.63, 3.8) is 0 Å². The van der Waals surface area contributed by atoms with Crippen LogP contribution in [0.25, 0.3) is 0 Å². The Morgan fingerprint density at radius 1 is 1.29 bits per heavy atom. The molecule has 17 heavy (non-hydrogen) atoms. The maximum absolute atomic E-state index is 10.9. The number of ether oxygens (including phenoxy) is 1. The number of aromatic carboxylic acids is 1. The molecule has 7 heteroatoms. The fraction of sp³-hybridized carbons (Fsp3) is 0. The lowest BCUT2D eigenvalue weighted by molar-refractivity contribution is 0.0687. The minimum Gasteiger partial charge on any atom is -0.476 e. The molecule has 0 bridgehead atoms. The largest absolute Gasteiger partial charge is 0.476 e. The standard InChI is InChI=1S/C10H6IN3O3/c11-6-4-13-10(14-5-6)17-7-2-1-3-12-8(7)9(15)16/h1-5H,(H,15,16). The van der Waals surface area contributed by atoms with Gasteiger partial charge >= 0.3 is 12.0 Å². The van der Waals surface area contributed by atoms with Crippen molar-refractivity contribution >= 4 is 28.6 Å². The summed E-state index contributed by atoms with van der Waals surface area (Å²) < 4.78 is 6.12. The Bertz CT molecular complexity index is 545. The summed E-state index contributed by atoms with van der Waals surface area (Å²) in [4.78, 5) is 22.4. The van der Waals surface area contributed by atoms with Crippen molar-refractivity contribution in [3.8, 4) is 11.8 Å². The number of pyridine rings is 1. The van der Waals surface area contributed by atoms with Gasteiger partial charge in [0.05, 0.1) is 0 Å². The zero-order chi connectivity index (χ0) is 12.3. The van der Waals surface area contributed by atoms with Gasteiger partial charge in [-0.25, -0.2) is 19.7 Å². The van der Waals surface area contributed by atoms with Crippen molar-refractivity contribution < 1.29 is 14.6 Å². The van der Waals surface area contributed by atoms with Crippen LogP contribution in [0.3, 0.4) is 0 Å². The molecule has 2 aromatic heterocycles. The van der Waals surface area contributed by atoms with E-state index < -0.39 is 5.97 Å². The van der Waals surface area contributed by atoms with Crippen LogP contribution in [0.4, 0.5) is 0 Å². The fourth-order valence-corrected chi connectivity index (χ4v) is 1.36. The molecule has 0 atom stereocenters. The molecule has 0 unspecified atom stereocenters. The molecular formula is C10H6IN3O3. The molecular weight excluding hydrogens is 337 g/mol. The van der Waals surface area contributed by atoms with Gasteiger partial charge in [0.2, 0.25) is 0 Å². The summed E-state index contributed by atoms with van der Waals surface area (Å²) in [5, 5.41) is 8.90. The van der Waals surface area contributed by atoms with E-state index in [4.69, 9.17) is 9.84 Å². The predicted octanol–water partition coefficient (Wildman–Crippen LogP) is 1.97. The molecule has 0 aliphatic heterocycles. The number of hydrogen-bond donors (Lipinski definition) is 1. The van der Waals surface area contributed by atoms with Crippen molar-refractivity contribution in [2.24, 2.45) is 0 Å². The quantitative estimate of drug-likeness (QED) is 0.858. The monoisotopic (exact) mass is 343 g/mol. The van der Waals surface area contributed by atoms with E-state index in [-0.39, 0.29) is 17.5 Å². The van der Waals surface area contributed by atoms with E-state index >= 15 is 0 Å². The number of aromatic nitrogens is 3. The van der Waals surface area contributed by atoms with Crippen molar-refractivity contribution in [1.82, 2.24) is 15.0 Å². The summed E-state index contributed by atoms with van der Waals surface area (Å²) in [5.41, 5.74) is -0.172. The van der Waals surface area contributed by atoms with E-state index in [1.807, 2.05) is 0 Å². The highest BCUT2D eigenvalue weighted by molar-refractivity contribution is 14.1. The first kappa shape index (κ1) is 11.7. The smallest absolute Gasteiger partial charge is 0.358 e. The lowest BCUT2D eigenvalue weighted by Crippen LogP contribution is -2.03. The molecule has 2 rings (SSSR count). The molecule has 0 amide bonds. The van der Waals surface area contributed by atoms with Crippen molar-refractivity contribution in [3.05, 3.63) is 40.0 Å². The minimum atomic E-state index is -1.16. The maximum Gasteiger partial charge on any atom is 0.358 e. The number of carboxylic acid groups (broad SMARTS) is 1. The Morgan fingerprint density at radius 2 is 2.00 bits per heavy atom. The summed E-state index contributed by atoms with van der Waals surface area (Å²) in [7, 11) is 0. The van der Waals surface area contributed by atoms with Gasteiger partial charge in [0.15, 0.2) is 11.4 Å². The average molecular weight is 343 g/mol. The molecule has 0 aromatic carbocycles.